The molecule has 2 radical (unpaired) electrons. The van der Waals surface area contributed by atoms with Gasteiger partial charge in [-0.15, -0.1) is 0 Å². The fourth-order valence-corrected chi connectivity index (χ4v) is 1.05. The summed E-state index contributed by atoms with van der Waals surface area (Å²) in [6.45, 7) is 5.61. The molecule has 0 fully saturated rings. The molecule has 1 aromatic carbocycles. The molecule has 13 heavy (non-hydrogen) atoms. The molecule has 2 nitrogen and oxygen atoms in total. The van der Waals surface area contributed by atoms with Crippen LogP contribution in [0.25, 0.3) is 0 Å². The molecule has 0 bridgehead atoms. The maximum Gasteiger partial charge on any atom is 0.160 e. The quantitative estimate of drug-likeness (QED) is 0.445. The number of aryl methyl sites for hydroxylation is 1. The molecule has 1 aromatic rings. The molecule has 2 N–H and O–H groups in total. The third kappa shape index (κ3) is 3.98. The third-order valence-corrected chi connectivity index (χ3v) is 2.11. The number of aromatic hydroxyl groups is 2. The number of rotatable bonds is 0. The Hall–Kier alpha value is 1.70. The second-order valence-corrected chi connectivity index (χ2v) is 2.81. The number of hydrogen-bond donors (Lipinski definition) is 2. The van der Waals surface area contributed by atoms with Crippen molar-refractivity contribution in [1.29, 1.82) is 0 Å². The first-order valence-electron chi connectivity index (χ1n) is 3.52. The van der Waals surface area contributed by atoms with Crippen molar-refractivity contribution in [1.82, 2.24) is 0 Å². The van der Waals surface area contributed by atoms with Gasteiger partial charge in [-0.3, -0.25) is 0 Å². The van der Waals surface area contributed by atoms with E-state index in [9.17, 15) is 5.11 Å². The van der Waals surface area contributed by atoms with E-state index in [1.54, 1.807) is 13.0 Å². The summed E-state index contributed by atoms with van der Waals surface area (Å²) in [7, 11) is 0. The molecule has 0 unspecified atom stereocenters. The normalized spacial score (nSPS) is 8.54. The number of hydrogen-bond acceptors (Lipinski definition) is 2. The van der Waals surface area contributed by atoms with E-state index in [4.69, 9.17) is 5.11 Å². The molecule has 0 spiro atoms. The van der Waals surface area contributed by atoms with Crippen LogP contribution in [0.15, 0.2) is 6.07 Å². The van der Waals surface area contributed by atoms with Crippen LogP contribution in [0.1, 0.15) is 16.7 Å². The average Bonchev–Trinajstić information content (AvgIpc) is 1.97. The number of phenolic OH excluding ortho intramolecular Hbond substituents is 2. The van der Waals surface area contributed by atoms with Crippen LogP contribution in [0.5, 0.6) is 11.5 Å². The van der Waals surface area contributed by atoms with Crippen molar-refractivity contribution in [3.8, 4) is 11.5 Å². The van der Waals surface area contributed by atoms with Gasteiger partial charge in [-0.05, 0) is 43.5 Å². The predicted molar refractivity (Wildman–Crippen MR) is 44.0 cm³/mol. The van der Waals surface area contributed by atoms with Crippen molar-refractivity contribution < 1.29 is 98.3 Å². The van der Waals surface area contributed by atoms with Gasteiger partial charge in [-0.2, -0.15) is 0 Å². The van der Waals surface area contributed by atoms with Crippen molar-refractivity contribution in [2.45, 2.75) is 20.8 Å². The fraction of sp³-hybridized carbons (Fsp3) is 0.333. The summed E-state index contributed by atoms with van der Waals surface area (Å²) in [6.07, 6.45) is 0. The van der Waals surface area contributed by atoms with Crippen LogP contribution >= 0.6 is 0 Å². The molecule has 66 valence electrons. The topological polar surface area (TPSA) is 40.5 Å². The van der Waals surface area contributed by atoms with Gasteiger partial charge in [-0.25, -0.2) is 0 Å². The number of phenols is 2. The Morgan fingerprint density at radius 3 is 1.85 bits per heavy atom. The minimum Gasteiger partial charge on any atom is -0.504 e. The molecular weight excluding hydrogens is 594 g/mol. The van der Waals surface area contributed by atoms with Crippen LogP contribution in [0, 0.1) is 109 Å². The van der Waals surface area contributed by atoms with E-state index in [1.165, 1.54) is 0 Å². The Labute approximate surface area is 150 Å². The van der Waals surface area contributed by atoms with Gasteiger partial charge in [0.05, 0.1) is 0 Å². The van der Waals surface area contributed by atoms with E-state index >= 15 is 0 Å². The van der Waals surface area contributed by atoms with Gasteiger partial charge >= 0.3 is 0 Å². The predicted octanol–water partition coefficient (Wildman–Crippen LogP) is 2.02. The van der Waals surface area contributed by atoms with Crippen molar-refractivity contribution >= 4 is 0 Å². The van der Waals surface area contributed by atoms with Crippen LogP contribution in [-0.2, 0) is 0 Å². The van der Waals surface area contributed by atoms with Crippen LogP contribution in [0.2, 0.25) is 0 Å². The van der Waals surface area contributed by atoms with Gasteiger partial charge in [0.2, 0.25) is 0 Å². The molecule has 0 saturated heterocycles. The molecule has 1 rings (SSSR count). The van der Waals surface area contributed by atoms with Gasteiger partial charge in [0.25, 0.3) is 0 Å². The molecule has 0 aromatic heterocycles. The van der Waals surface area contributed by atoms with E-state index in [0.29, 0.717) is 0 Å². The van der Waals surface area contributed by atoms with Crippen LogP contribution in [-0.4, -0.2) is 10.2 Å². The van der Waals surface area contributed by atoms with Crippen LogP contribution < -0.4 is 0 Å². The summed E-state index contributed by atoms with van der Waals surface area (Å²) in [5.41, 5.74) is 2.78. The van der Waals surface area contributed by atoms with Gasteiger partial charge in [0.15, 0.2) is 11.5 Å². The SMILES string of the molecule is Cc1cc(O)c(O)c(C)c1C.[Ac].[Ac]. The Morgan fingerprint density at radius 1 is 0.923 bits per heavy atom. The molecule has 0 saturated carbocycles. The maximum atomic E-state index is 9.26. The Kier molecular flexibility index (Phi) is 9.29. The van der Waals surface area contributed by atoms with Gasteiger partial charge < -0.3 is 10.2 Å². The zero-order valence-electron chi connectivity index (χ0n) is 8.13. The molecule has 0 atom stereocenters. The molecule has 0 aliphatic heterocycles. The van der Waals surface area contributed by atoms with Crippen molar-refractivity contribution in [3.05, 3.63) is 22.8 Å². The zero-order chi connectivity index (χ0) is 8.59. The fourth-order valence-electron chi connectivity index (χ4n) is 1.05. The summed E-state index contributed by atoms with van der Waals surface area (Å²) >= 11 is 0. The van der Waals surface area contributed by atoms with E-state index < -0.39 is 0 Å². The van der Waals surface area contributed by atoms with Gasteiger partial charge in [0, 0.05) is 88.1 Å². The standard InChI is InChI=1S/C9H12O2.2Ac/c1-5-4-8(10)9(11)7(3)6(5)2;;/h4,10-11H,1-3H3;;. The summed E-state index contributed by atoms with van der Waals surface area (Å²) in [6, 6.07) is 1.57. The van der Waals surface area contributed by atoms with Gasteiger partial charge in [-0.1, -0.05) is 0 Å². The summed E-state index contributed by atoms with van der Waals surface area (Å²) < 4.78 is 0. The summed E-state index contributed by atoms with van der Waals surface area (Å²) in [5.74, 6) is -0.0429. The Morgan fingerprint density at radius 2 is 1.38 bits per heavy atom. The molecule has 0 amide bonds. The summed E-state index contributed by atoms with van der Waals surface area (Å²) in [4.78, 5) is 0. The molecule has 0 aliphatic rings. The zero-order valence-corrected chi connectivity index (χ0v) is 17.6. The Bertz CT molecular complexity index is 272. The van der Waals surface area contributed by atoms with Crippen LogP contribution in [0.3, 0.4) is 0 Å². The molecule has 4 heteroatoms. The second kappa shape index (κ2) is 7.06. The monoisotopic (exact) mass is 606 g/mol. The van der Waals surface area contributed by atoms with Crippen LogP contribution in [0.4, 0.5) is 0 Å². The third-order valence-electron chi connectivity index (χ3n) is 2.11. The minimum absolute atomic E-state index is 0. The first-order chi connectivity index (χ1) is 5.04. The first-order valence-corrected chi connectivity index (χ1v) is 3.52. The minimum atomic E-state index is -0.0365. The van der Waals surface area contributed by atoms with Crippen molar-refractivity contribution in [3.63, 3.8) is 0 Å². The smallest absolute Gasteiger partial charge is 0.160 e. The van der Waals surface area contributed by atoms with E-state index in [2.05, 4.69) is 0 Å². The molecule has 0 aliphatic carbocycles. The maximum absolute atomic E-state index is 9.26. The Balaban J connectivity index is 0. The van der Waals surface area contributed by atoms with Gasteiger partial charge in [0.1, 0.15) is 0 Å². The molecule has 0 heterocycles. The largest absolute Gasteiger partial charge is 0.504 e. The van der Waals surface area contributed by atoms with E-state index in [0.717, 1.165) is 16.7 Å². The molecular formula is C9H12Ac2O2. The number of benzene rings is 1. The van der Waals surface area contributed by atoms with E-state index in [1.807, 2.05) is 13.8 Å². The van der Waals surface area contributed by atoms with E-state index in [-0.39, 0.29) is 99.6 Å². The summed E-state index contributed by atoms with van der Waals surface area (Å²) in [5, 5.41) is 18.4. The van der Waals surface area contributed by atoms with Crippen molar-refractivity contribution in [2.24, 2.45) is 0 Å². The van der Waals surface area contributed by atoms with Crippen molar-refractivity contribution in [2.75, 3.05) is 0 Å². The second-order valence-electron chi connectivity index (χ2n) is 2.81. The average molecular weight is 606 g/mol. The first kappa shape index (κ1) is 17.1.